The van der Waals surface area contributed by atoms with Crippen molar-refractivity contribution in [3.05, 3.63) is 77.5 Å². The van der Waals surface area contributed by atoms with Gasteiger partial charge in [-0.15, -0.1) is 0 Å². The molecule has 4 heterocycles. The molecule has 2 fully saturated rings. The Hall–Kier alpha value is -3.97. The first kappa shape index (κ1) is 22.2. The smallest absolute Gasteiger partial charge is 0.259 e. The number of aromatic amines is 1. The van der Waals surface area contributed by atoms with Crippen LogP contribution in [0.1, 0.15) is 53.2 Å². The number of likely N-dealkylation sites (tertiary alicyclic amines) is 1. The number of aromatic nitrogens is 1. The first-order valence-corrected chi connectivity index (χ1v) is 13.1. The van der Waals surface area contributed by atoms with E-state index in [2.05, 4.69) is 57.7 Å². The largest absolute Gasteiger partial charge is 0.357 e. The SMILES string of the molecule is O=C1CCC(N2C(=O)c3ccc(C4CCN(Cc5cc6ccccc6[nH]5)CC4)c4cccc2c34)C(=O)N1. The third-order valence-electron chi connectivity index (χ3n) is 8.29. The van der Waals surface area contributed by atoms with E-state index < -0.39 is 11.9 Å². The first-order valence-electron chi connectivity index (χ1n) is 13.1. The second-order valence-corrected chi connectivity index (χ2v) is 10.5. The van der Waals surface area contributed by atoms with E-state index in [9.17, 15) is 14.4 Å². The van der Waals surface area contributed by atoms with Crippen molar-refractivity contribution in [1.82, 2.24) is 15.2 Å². The van der Waals surface area contributed by atoms with Crippen LogP contribution in [0.4, 0.5) is 5.69 Å². The number of hydrogen-bond acceptors (Lipinski definition) is 4. The summed E-state index contributed by atoms with van der Waals surface area (Å²) in [7, 11) is 0. The highest BCUT2D eigenvalue weighted by Crippen LogP contribution is 2.43. The topological polar surface area (TPSA) is 85.5 Å². The lowest BCUT2D eigenvalue weighted by molar-refractivity contribution is -0.134. The zero-order valence-electron chi connectivity index (χ0n) is 20.5. The summed E-state index contributed by atoms with van der Waals surface area (Å²) < 4.78 is 0. The number of H-pyrrole nitrogens is 1. The Kier molecular flexibility index (Phi) is 5.15. The molecule has 7 rings (SSSR count). The summed E-state index contributed by atoms with van der Waals surface area (Å²) in [6, 6.07) is 20.0. The molecule has 7 nitrogen and oxygen atoms in total. The Morgan fingerprint density at radius 2 is 1.73 bits per heavy atom. The van der Waals surface area contributed by atoms with Gasteiger partial charge in [-0.3, -0.25) is 29.5 Å². The molecule has 0 bridgehead atoms. The number of anilines is 1. The lowest BCUT2D eigenvalue weighted by Crippen LogP contribution is -2.53. The third kappa shape index (κ3) is 3.64. The molecule has 1 unspecified atom stereocenters. The van der Waals surface area contributed by atoms with Crippen LogP contribution >= 0.6 is 0 Å². The van der Waals surface area contributed by atoms with Crippen molar-refractivity contribution in [2.45, 2.75) is 44.2 Å². The summed E-state index contributed by atoms with van der Waals surface area (Å²) in [5.74, 6) is -0.401. The van der Waals surface area contributed by atoms with E-state index in [0.29, 0.717) is 17.9 Å². The van der Waals surface area contributed by atoms with Crippen molar-refractivity contribution >= 4 is 45.1 Å². The number of rotatable bonds is 4. The molecule has 3 aromatic carbocycles. The molecule has 0 spiro atoms. The summed E-state index contributed by atoms with van der Waals surface area (Å²) in [5.41, 5.74) is 5.14. The van der Waals surface area contributed by atoms with Crippen LogP contribution in [0, 0.1) is 0 Å². The summed E-state index contributed by atoms with van der Waals surface area (Å²) in [6.07, 6.45) is 2.71. The minimum absolute atomic E-state index is 0.152. The lowest BCUT2D eigenvalue weighted by Gasteiger charge is -2.32. The number of carbonyl (C=O) groups excluding carboxylic acids is 3. The van der Waals surface area contributed by atoms with E-state index >= 15 is 0 Å². The van der Waals surface area contributed by atoms with Gasteiger partial charge in [0, 0.05) is 35.1 Å². The monoisotopic (exact) mass is 492 g/mol. The Morgan fingerprint density at radius 1 is 0.892 bits per heavy atom. The predicted molar refractivity (Wildman–Crippen MR) is 142 cm³/mol. The molecule has 1 aromatic heterocycles. The molecule has 2 saturated heterocycles. The average Bonchev–Trinajstić information content (AvgIpc) is 3.44. The predicted octanol–water partition coefficient (Wildman–Crippen LogP) is 4.47. The number of imide groups is 1. The van der Waals surface area contributed by atoms with Gasteiger partial charge in [0.2, 0.25) is 11.8 Å². The van der Waals surface area contributed by atoms with Crippen LogP contribution in [-0.4, -0.2) is 46.7 Å². The minimum atomic E-state index is -0.653. The van der Waals surface area contributed by atoms with Crippen molar-refractivity contribution in [1.29, 1.82) is 0 Å². The average molecular weight is 493 g/mol. The highest BCUT2D eigenvalue weighted by atomic mass is 16.2. The molecule has 0 aliphatic carbocycles. The molecule has 0 saturated carbocycles. The van der Waals surface area contributed by atoms with Crippen LogP contribution in [0.25, 0.3) is 21.7 Å². The van der Waals surface area contributed by atoms with Gasteiger partial charge in [-0.2, -0.15) is 0 Å². The minimum Gasteiger partial charge on any atom is -0.357 e. The molecule has 3 aliphatic heterocycles. The van der Waals surface area contributed by atoms with Gasteiger partial charge in [0.25, 0.3) is 5.91 Å². The van der Waals surface area contributed by atoms with Gasteiger partial charge in [0.05, 0.1) is 5.69 Å². The van der Waals surface area contributed by atoms with Gasteiger partial charge in [-0.25, -0.2) is 0 Å². The van der Waals surface area contributed by atoms with Crippen LogP contribution in [0.2, 0.25) is 0 Å². The second-order valence-electron chi connectivity index (χ2n) is 10.5. The number of amides is 3. The standard InChI is InChI=1S/C30H28N4O3/c35-27-11-10-26(29(36)32-27)34-25-7-3-5-22-21(8-9-23(28(22)25)30(34)37)18-12-14-33(15-13-18)17-20-16-19-4-1-2-6-24(19)31-20/h1-9,16,18,26,31H,10-15,17H2,(H,32,35,36). The highest BCUT2D eigenvalue weighted by molar-refractivity contribution is 6.27. The van der Waals surface area contributed by atoms with E-state index in [1.54, 1.807) is 4.90 Å². The number of fused-ring (bicyclic) bond motifs is 1. The van der Waals surface area contributed by atoms with Crippen molar-refractivity contribution in [2.75, 3.05) is 18.0 Å². The molecule has 186 valence electrons. The maximum absolute atomic E-state index is 13.4. The van der Waals surface area contributed by atoms with Crippen LogP contribution < -0.4 is 10.2 Å². The summed E-state index contributed by atoms with van der Waals surface area (Å²) in [6.45, 7) is 2.95. The molecular formula is C30H28N4O3. The number of hydrogen-bond donors (Lipinski definition) is 2. The zero-order valence-corrected chi connectivity index (χ0v) is 20.5. The fourth-order valence-corrected chi connectivity index (χ4v) is 6.48. The number of carbonyl (C=O) groups is 3. The van der Waals surface area contributed by atoms with Crippen molar-refractivity contribution in [3.8, 4) is 0 Å². The number of nitrogens with zero attached hydrogens (tertiary/aromatic N) is 2. The van der Waals surface area contributed by atoms with Crippen LogP contribution in [0.3, 0.4) is 0 Å². The maximum atomic E-state index is 13.4. The Bertz CT molecular complexity index is 1550. The van der Waals surface area contributed by atoms with Crippen LogP contribution in [0.5, 0.6) is 0 Å². The van der Waals surface area contributed by atoms with E-state index in [1.165, 1.54) is 22.2 Å². The summed E-state index contributed by atoms with van der Waals surface area (Å²) >= 11 is 0. The summed E-state index contributed by atoms with van der Waals surface area (Å²) in [4.78, 5) is 45.4. The molecule has 4 aromatic rings. The van der Waals surface area contributed by atoms with Gasteiger partial charge in [-0.05, 0) is 78.9 Å². The fraction of sp³-hybridized carbons (Fsp3) is 0.300. The molecule has 0 radical (unpaired) electrons. The van der Waals surface area contributed by atoms with Gasteiger partial charge >= 0.3 is 0 Å². The van der Waals surface area contributed by atoms with E-state index in [0.717, 1.165) is 48.9 Å². The summed E-state index contributed by atoms with van der Waals surface area (Å²) in [5, 5.41) is 5.69. The van der Waals surface area contributed by atoms with Crippen LogP contribution in [0.15, 0.2) is 60.7 Å². The number of benzene rings is 3. The molecule has 3 amide bonds. The van der Waals surface area contributed by atoms with Gasteiger partial charge in [0.1, 0.15) is 6.04 Å². The Labute approximate surface area is 214 Å². The van der Waals surface area contributed by atoms with Crippen LogP contribution in [-0.2, 0) is 16.1 Å². The second kappa shape index (κ2) is 8.56. The Morgan fingerprint density at radius 3 is 2.54 bits per heavy atom. The molecule has 2 N–H and O–H groups in total. The zero-order chi connectivity index (χ0) is 25.1. The Balaban J connectivity index is 1.13. The maximum Gasteiger partial charge on any atom is 0.259 e. The van der Waals surface area contributed by atoms with Gasteiger partial charge in [0.15, 0.2) is 0 Å². The lowest BCUT2D eigenvalue weighted by atomic mass is 9.85. The van der Waals surface area contributed by atoms with Gasteiger partial charge < -0.3 is 4.98 Å². The molecule has 3 aliphatic rings. The molecule has 7 heteroatoms. The quantitative estimate of drug-likeness (QED) is 0.412. The van der Waals surface area contributed by atoms with E-state index in [1.807, 2.05) is 18.2 Å². The van der Waals surface area contributed by atoms with E-state index in [4.69, 9.17) is 0 Å². The first-order chi connectivity index (χ1) is 18.1. The fourth-order valence-electron chi connectivity index (χ4n) is 6.48. The molecule has 1 atom stereocenters. The van der Waals surface area contributed by atoms with Gasteiger partial charge in [-0.1, -0.05) is 36.4 Å². The third-order valence-corrected chi connectivity index (χ3v) is 8.29. The van der Waals surface area contributed by atoms with Crippen molar-refractivity contribution in [3.63, 3.8) is 0 Å². The molecule has 37 heavy (non-hydrogen) atoms. The van der Waals surface area contributed by atoms with Crippen molar-refractivity contribution in [2.24, 2.45) is 0 Å². The highest BCUT2D eigenvalue weighted by Gasteiger charge is 2.41. The van der Waals surface area contributed by atoms with Crippen molar-refractivity contribution < 1.29 is 14.4 Å². The number of piperidine rings is 2. The molecular weight excluding hydrogens is 464 g/mol. The number of nitrogens with one attached hydrogen (secondary N) is 2. The number of para-hydroxylation sites is 1. The van der Waals surface area contributed by atoms with E-state index in [-0.39, 0.29) is 18.2 Å². The normalized spacial score (nSPS) is 20.8.